The normalized spacial score (nSPS) is 31.1. The molecule has 3 atom stereocenters. The molecule has 0 saturated heterocycles. The molecule has 112 valence electrons. The number of nitrogens with one attached hydrogen (secondary N) is 1. The van der Waals surface area contributed by atoms with Gasteiger partial charge in [-0.15, -0.1) is 0 Å². The van der Waals surface area contributed by atoms with Crippen LogP contribution >= 0.6 is 11.8 Å². The Labute approximate surface area is 124 Å². The van der Waals surface area contributed by atoms with Crippen LogP contribution in [0.1, 0.15) is 70.6 Å². The fourth-order valence-corrected chi connectivity index (χ4v) is 4.58. The fraction of sp³-hybridized carbons (Fsp3) is 1.00. The molecular weight excluding hydrogens is 250 g/mol. The third-order valence-corrected chi connectivity index (χ3v) is 5.94. The lowest BCUT2D eigenvalue weighted by Crippen LogP contribution is -2.39. The summed E-state index contributed by atoms with van der Waals surface area (Å²) in [5, 5.41) is 3.84. The topological polar surface area (TPSA) is 12.0 Å². The standard InChI is InChI=1S/C17H33NS/c1-19-13-7-3-2-6-12-18-17-11-10-15-8-4-5-9-16(15)14-17/h15-18H,2-14H2,1H3. The van der Waals surface area contributed by atoms with Crippen LogP contribution in [0, 0.1) is 11.8 Å². The van der Waals surface area contributed by atoms with E-state index in [4.69, 9.17) is 0 Å². The van der Waals surface area contributed by atoms with E-state index >= 15 is 0 Å². The van der Waals surface area contributed by atoms with E-state index in [9.17, 15) is 0 Å². The second kappa shape index (κ2) is 9.28. The Morgan fingerprint density at radius 2 is 1.68 bits per heavy atom. The molecule has 0 heterocycles. The van der Waals surface area contributed by atoms with Crippen LogP contribution in [0.4, 0.5) is 0 Å². The molecule has 0 aromatic carbocycles. The van der Waals surface area contributed by atoms with E-state index < -0.39 is 0 Å². The zero-order valence-electron chi connectivity index (χ0n) is 12.8. The molecule has 0 aromatic heterocycles. The predicted octanol–water partition coefficient (Wildman–Crippen LogP) is 4.86. The molecule has 2 rings (SSSR count). The van der Waals surface area contributed by atoms with Crippen LogP contribution in [0.25, 0.3) is 0 Å². The van der Waals surface area contributed by atoms with Crippen molar-refractivity contribution < 1.29 is 0 Å². The molecule has 3 unspecified atom stereocenters. The first kappa shape index (κ1) is 15.7. The van der Waals surface area contributed by atoms with Gasteiger partial charge in [-0.2, -0.15) is 11.8 Å². The van der Waals surface area contributed by atoms with Crippen LogP contribution in [0.5, 0.6) is 0 Å². The lowest BCUT2D eigenvalue weighted by atomic mass is 9.69. The molecule has 1 nitrogen and oxygen atoms in total. The van der Waals surface area contributed by atoms with Crippen LogP contribution < -0.4 is 5.32 Å². The maximum Gasteiger partial charge on any atom is 0.00699 e. The fourth-order valence-electron chi connectivity index (χ4n) is 4.09. The number of thioether (sulfide) groups is 1. The summed E-state index contributed by atoms with van der Waals surface area (Å²) in [7, 11) is 0. The third kappa shape index (κ3) is 5.67. The highest BCUT2D eigenvalue weighted by atomic mass is 32.2. The Balaban J connectivity index is 1.50. The average Bonchev–Trinajstić information content (AvgIpc) is 2.46. The van der Waals surface area contributed by atoms with Gasteiger partial charge in [0.1, 0.15) is 0 Å². The van der Waals surface area contributed by atoms with Gasteiger partial charge < -0.3 is 5.32 Å². The van der Waals surface area contributed by atoms with Crippen LogP contribution in [0.2, 0.25) is 0 Å². The molecular formula is C17H33NS. The molecule has 0 spiro atoms. The first-order valence-corrected chi connectivity index (χ1v) is 10.0. The Hall–Kier alpha value is 0.310. The van der Waals surface area contributed by atoms with Gasteiger partial charge in [0.15, 0.2) is 0 Å². The smallest absolute Gasteiger partial charge is 0.00699 e. The lowest BCUT2D eigenvalue weighted by Gasteiger charge is -2.39. The Morgan fingerprint density at radius 1 is 0.895 bits per heavy atom. The second-order valence-electron chi connectivity index (χ2n) is 6.68. The zero-order valence-corrected chi connectivity index (χ0v) is 13.6. The summed E-state index contributed by atoms with van der Waals surface area (Å²) < 4.78 is 0. The van der Waals surface area contributed by atoms with Crippen molar-refractivity contribution >= 4 is 11.8 Å². The molecule has 1 N–H and O–H groups in total. The minimum Gasteiger partial charge on any atom is -0.314 e. The largest absolute Gasteiger partial charge is 0.314 e. The minimum atomic E-state index is 0.852. The van der Waals surface area contributed by atoms with E-state index in [0.29, 0.717) is 0 Å². The van der Waals surface area contributed by atoms with Gasteiger partial charge in [0.25, 0.3) is 0 Å². The first-order valence-electron chi connectivity index (χ1n) is 8.62. The highest BCUT2D eigenvalue weighted by Crippen LogP contribution is 2.40. The van der Waals surface area contributed by atoms with Crippen molar-refractivity contribution in [3.05, 3.63) is 0 Å². The third-order valence-electron chi connectivity index (χ3n) is 5.25. The van der Waals surface area contributed by atoms with E-state index in [-0.39, 0.29) is 0 Å². The summed E-state index contributed by atoms with van der Waals surface area (Å²) in [6.45, 7) is 1.27. The van der Waals surface area contributed by atoms with Crippen molar-refractivity contribution in [3.8, 4) is 0 Å². The van der Waals surface area contributed by atoms with Crippen LogP contribution in [-0.4, -0.2) is 24.6 Å². The molecule has 2 heteroatoms. The van der Waals surface area contributed by atoms with Crippen molar-refractivity contribution in [2.24, 2.45) is 11.8 Å². The predicted molar refractivity (Wildman–Crippen MR) is 87.9 cm³/mol. The van der Waals surface area contributed by atoms with Crippen LogP contribution in [0.15, 0.2) is 0 Å². The quantitative estimate of drug-likeness (QED) is 0.639. The summed E-state index contributed by atoms with van der Waals surface area (Å²) in [5.74, 6) is 3.51. The van der Waals surface area contributed by atoms with Gasteiger partial charge in [0.05, 0.1) is 0 Å². The highest BCUT2D eigenvalue weighted by molar-refractivity contribution is 7.98. The summed E-state index contributed by atoms with van der Waals surface area (Å²) in [6.07, 6.45) is 18.4. The van der Waals surface area contributed by atoms with Crippen molar-refractivity contribution in [1.82, 2.24) is 5.32 Å². The van der Waals surface area contributed by atoms with Gasteiger partial charge in [-0.05, 0) is 62.5 Å². The number of hydrogen-bond donors (Lipinski definition) is 1. The van der Waals surface area contributed by atoms with Crippen molar-refractivity contribution in [1.29, 1.82) is 0 Å². The lowest BCUT2D eigenvalue weighted by molar-refractivity contribution is 0.143. The Morgan fingerprint density at radius 3 is 2.53 bits per heavy atom. The molecule has 2 aliphatic carbocycles. The average molecular weight is 284 g/mol. The number of unbranched alkanes of at least 4 members (excludes halogenated alkanes) is 3. The summed E-state index contributed by atoms with van der Waals surface area (Å²) in [4.78, 5) is 0. The highest BCUT2D eigenvalue weighted by Gasteiger charge is 2.31. The van der Waals surface area contributed by atoms with Gasteiger partial charge in [0.2, 0.25) is 0 Å². The van der Waals surface area contributed by atoms with E-state index in [2.05, 4.69) is 11.6 Å². The zero-order chi connectivity index (χ0) is 13.3. The molecule has 0 bridgehead atoms. The second-order valence-corrected chi connectivity index (χ2v) is 7.66. The van der Waals surface area contributed by atoms with Crippen LogP contribution in [-0.2, 0) is 0 Å². The molecule has 0 amide bonds. The molecule has 2 saturated carbocycles. The SMILES string of the molecule is CSCCCCCCNC1CCC2CCCCC2C1. The minimum absolute atomic E-state index is 0.852. The van der Waals surface area contributed by atoms with E-state index in [1.165, 1.54) is 82.9 Å². The molecule has 19 heavy (non-hydrogen) atoms. The van der Waals surface area contributed by atoms with E-state index in [1.807, 2.05) is 11.8 Å². The molecule has 2 fully saturated rings. The monoisotopic (exact) mass is 283 g/mol. The van der Waals surface area contributed by atoms with Gasteiger partial charge in [0, 0.05) is 6.04 Å². The van der Waals surface area contributed by atoms with Crippen molar-refractivity contribution in [2.75, 3.05) is 18.6 Å². The number of fused-ring (bicyclic) bond motifs is 1. The van der Waals surface area contributed by atoms with Crippen molar-refractivity contribution in [2.45, 2.75) is 76.7 Å². The summed E-state index contributed by atoms with van der Waals surface area (Å²) in [6, 6.07) is 0.852. The van der Waals surface area contributed by atoms with Crippen LogP contribution in [0.3, 0.4) is 0 Å². The first-order chi connectivity index (χ1) is 9.40. The molecule has 0 aromatic rings. The van der Waals surface area contributed by atoms with Gasteiger partial charge in [-0.3, -0.25) is 0 Å². The Kier molecular flexibility index (Phi) is 7.67. The van der Waals surface area contributed by atoms with E-state index in [0.717, 1.165) is 17.9 Å². The van der Waals surface area contributed by atoms with Gasteiger partial charge >= 0.3 is 0 Å². The summed E-state index contributed by atoms with van der Waals surface area (Å²) >= 11 is 1.98. The Bertz CT molecular complexity index is 231. The molecule has 0 radical (unpaired) electrons. The van der Waals surface area contributed by atoms with E-state index in [1.54, 1.807) is 0 Å². The molecule has 2 aliphatic rings. The van der Waals surface area contributed by atoms with Crippen molar-refractivity contribution in [3.63, 3.8) is 0 Å². The maximum atomic E-state index is 3.84. The summed E-state index contributed by atoms with van der Waals surface area (Å²) in [5.41, 5.74) is 0. The number of hydrogen-bond acceptors (Lipinski definition) is 2. The maximum absolute atomic E-state index is 3.84. The number of rotatable bonds is 8. The van der Waals surface area contributed by atoms with Gasteiger partial charge in [-0.1, -0.05) is 38.5 Å². The van der Waals surface area contributed by atoms with Gasteiger partial charge in [-0.25, -0.2) is 0 Å². The molecule has 0 aliphatic heterocycles.